The highest BCUT2D eigenvalue weighted by molar-refractivity contribution is 14.1. The van der Waals surface area contributed by atoms with Crippen LogP contribution in [0.15, 0.2) is 79.0 Å². The molecule has 0 aliphatic rings. The highest BCUT2D eigenvalue weighted by atomic mass is 127. The van der Waals surface area contributed by atoms with Crippen molar-refractivity contribution in [3.05, 3.63) is 93.7 Å². The van der Waals surface area contributed by atoms with E-state index in [9.17, 15) is 4.79 Å². The van der Waals surface area contributed by atoms with Gasteiger partial charge in [-0.15, -0.1) is 0 Å². The maximum atomic E-state index is 12.4. The first kappa shape index (κ1) is 16.8. The van der Waals surface area contributed by atoms with Gasteiger partial charge >= 0.3 is 0 Å². The number of halogens is 1. The van der Waals surface area contributed by atoms with Crippen molar-refractivity contribution in [1.82, 2.24) is 9.78 Å². The Labute approximate surface area is 165 Å². The van der Waals surface area contributed by atoms with Crippen LogP contribution in [-0.4, -0.2) is 15.7 Å². The van der Waals surface area contributed by atoms with Gasteiger partial charge in [-0.25, -0.2) is 0 Å². The van der Waals surface area contributed by atoms with Gasteiger partial charge in [-0.1, -0.05) is 54.6 Å². The van der Waals surface area contributed by atoms with Crippen molar-refractivity contribution in [2.24, 2.45) is 0 Å². The van der Waals surface area contributed by atoms with Crippen molar-refractivity contribution in [2.45, 2.75) is 6.54 Å². The average molecular weight is 453 g/mol. The maximum Gasteiger partial charge on any atom is 0.257 e. The number of nitrogens with one attached hydrogen (secondary N) is 1. The van der Waals surface area contributed by atoms with Gasteiger partial charge < -0.3 is 5.32 Å². The minimum atomic E-state index is -0.148. The summed E-state index contributed by atoms with van der Waals surface area (Å²) in [5.74, 6) is 0.403. The second-order valence-corrected chi connectivity index (χ2v) is 7.13. The van der Waals surface area contributed by atoms with E-state index in [1.54, 1.807) is 0 Å². The Hall–Kier alpha value is -2.67. The number of amides is 1. The molecule has 0 spiro atoms. The third-order valence-corrected chi connectivity index (χ3v) is 5.15. The van der Waals surface area contributed by atoms with Crippen molar-refractivity contribution in [2.75, 3.05) is 5.32 Å². The van der Waals surface area contributed by atoms with E-state index < -0.39 is 0 Å². The molecule has 0 fully saturated rings. The van der Waals surface area contributed by atoms with Crippen molar-refractivity contribution in [3.63, 3.8) is 0 Å². The van der Waals surface area contributed by atoms with Crippen molar-refractivity contribution >= 4 is 45.1 Å². The molecule has 0 radical (unpaired) electrons. The Morgan fingerprint density at radius 1 is 0.962 bits per heavy atom. The topological polar surface area (TPSA) is 46.9 Å². The van der Waals surface area contributed by atoms with Crippen LogP contribution in [-0.2, 0) is 6.54 Å². The summed E-state index contributed by atoms with van der Waals surface area (Å²) >= 11 is 2.16. The van der Waals surface area contributed by atoms with Gasteiger partial charge in [0.05, 0.1) is 12.1 Å². The number of carbonyl (C=O) groups is 1. The van der Waals surface area contributed by atoms with Gasteiger partial charge in [-0.3, -0.25) is 9.48 Å². The summed E-state index contributed by atoms with van der Waals surface area (Å²) in [7, 11) is 0. The summed E-state index contributed by atoms with van der Waals surface area (Å²) in [6, 6.07) is 23.9. The summed E-state index contributed by atoms with van der Waals surface area (Å²) in [5, 5.41) is 9.79. The fourth-order valence-corrected chi connectivity index (χ4v) is 3.58. The normalized spacial score (nSPS) is 10.8. The monoisotopic (exact) mass is 453 g/mol. The predicted molar refractivity (Wildman–Crippen MR) is 112 cm³/mol. The van der Waals surface area contributed by atoms with E-state index in [0.717, 1.165) is 3.57 Å². The quantitative estimate of drug-likeness (QED) is 0.445. The molecular weight excluding hydrogens is 437 g/mol. The van der Waals surface area contributed by atoms with Crippen LogP contribution in [0.3, 0.4) is 0 Å². The minimum Gasteiger partial charge on any atom is -0.305 e. The third-order valence-electron chi connectivity index (χ3n) is 4.21. The van der Waals surface area contributed by atoms with Crippen LogP contribution in [0.5, 0.6) is 0 Å². The van der Waals surface area contributed by atoms with Crippen LogP contribution < -0.4 is 5.32 Å². The van der Waals surface area contributed by atoms with Crippen molar-refractivity contribution < 1.29 is 4.79 Å². The van der Waals surface area contributed by atoms with Gasteiger partial charge in [0.15, 0.2) is 5.82 Å². The molecular formula is C21H16IN3O. The zero-order chi connectivity index (χ0) is 17.9. The van der Waals surface area contributed by atoms with E-state index >= 15 is 0 Å². The second-order valence-electron chi connectivity index (χ2n) is 5.97. The molecule has 1 amide bonds. The van der Waals surface area contributed by atoms with Gasteiger partial charge in [0.25, 0.3) is 5.91 Å². The first-order valence-corrected chi connectivity index (χ1v) is 9.34. The molecule has 0 unspecified atom stereocenters. The van der Waals surface area contributed by atoms with E-state index in [-0.39, 0.29) is 5.91 Å². The molecule has 26 heavy (non-hydrogen) atoms. The Morgan fingerprint density at radius 3 is 2.62 bits per heavy atom. The average Bonchev–Trinajstić information content (AvgIpc) is 3.09. The molecule has 0 saturated carbocycles. The lowest BCUT2D eigenvalue weighted by Crippen LogP contribution is -2.14. The van der Waals surface area contributed by atoms with Gasteiger partial charge in [-0.2, -0.15) is 5.10 Å². The number of nitrogens with zero attached hydrogens (tertiary/aromatic N) is 2. The number of carbonyl (C=O) groups excluding carboxylic acids is 1. The standard InChI is InChI=1S/C21H16IN3O/c22-19-11-4-3-10-18(19)21(26)23-20-12-13-25(24-20)14-16-8-5-7-15-6-1-2-9-17(15)16/h1-13H,14H2,(H,23,24,26). The van der Waals surface area contributed by atoms with Crippen LogP contribution in [0.4, 0.5) is 5.82 Å². The Balaban J connectivity index is 1.53. The molecule has 0 saturated heterocycles. The Bertz CT molecular complexity index is 1080. The van der Waals surface area contributed by atoms with E-state index in [1.165, 1.54) is 16.3 Å². The van der Waals surface area contributed by atoms with Crippen LogP contribution in [0, 0.1) is 3.57 Å². The first-order chi connectivity index (χ1) is 12.7. The number of rotatable bonds is 4. The van der Waals surface area contributed by atoms with E-state index in [1.807, 2.05) is 53.3 Å². The molecule has 4 aromatic rings. The molecule has 1 N–H and O–H groups in total. The molecule has 3 aromatic carbocycles. The van der Waals surface area contributed by atoms with Gasteiger partial charge in [0, 0.05) is 15.8 Å². The summed E-state index contributed by atoms with van der Waals surface area (Å²) in [5.41, 5.74) is 1.85. The largest absolute Gasteiger partial charge is 0.305 e. The van der Waals surface area contributed by atoms with E-state index in [0.29, 0.717) is 17.9 Å². The molecule has 1 aromatic heterocycles. The number of anilines is 1. The SMILES string of the molecule is O=C(Nc1ccn(Cc2cccc3ccccc23)n1)c1ccccc1I. The highest BCUT2D eigenvalue weighted by Gasteiger charge is 2.11. The lowest BCUT2D eigenvalue weighted by atomic mass is 10.0. The molecule has 0 atom stereocenters. The number of fused-ring (bicyclic) bond motifs is 1. The molecule has 4 rings (SSSR count). The second kappa shape index (κ2) is 7.29. The summed E-state index contributed by atoms with van der Waals surface area (Å²) in [6.45, 7) is 0.653. The maximum absolute atomic E-state index is 12.4. The molecule has 0 bridgehead atoms. The van der Waals surface area contributed by atoms with Crippen LogP contribution in [0.25, 0.3) is 10.8 Å². The fourth-order valence-electron chi connectivity index (χ4n) is 2.95. The number of hydrogen-bond acceptors (Lipinski definition) is 2. The number of aromatic nitrogens is 2. The minimum absolute atomic E-state index is 0.148. The highest BCUT2D eigenvalue weighted by Crippen LogP contribution is 2.20. The number of hydrogen-bond donors (Lipinski definition) is 1. The first-order valence-electron chi connectivity index (χ1n) is 8.27. The van der Waals surface area contributed by atoms with Crippen LogP contribution >= 0.6 is 22.6 Å². The molecule has 1 heterocycles. The molecule has 4 nitrogen and oxygen atoms in total. The Morgan fingerprint density at radius 2 is 1.73 bits per heavy atom. The zero-order valence-corrected chi connectivity index (χ0v) is 16.1. The third kappa shape index (κ3) is 3.48. The smallest absolute Gasteiger partial charge is 0.257 e. The summed E-state index contributed by atoms with van der Waals surface area (Å²) < 4.78 is 2.76. The zero-order valence-electron chi connectivity index (χ0n) is 13.9. The molecule has 0 aliphatic heterocycles. The molecule has 0 aliphatic carbocycles. The Kier molecular flexibility index (Phi) is 4.71. The van der Waals surface area contributed by atoms with Gasteiger partial charge in [-0.05, 0) is 51.1 Å². The molecule has 128 valence electrons. The summed E-state index contributed by atoms with van der Waals surface area (Å²) in [6.07, 6.45) is 1.88. The summed E-state index contributed by atoms with van der Waals surface area (Å²) in [4.78, 5) is 12.4. The van der Waals surface area contributed by atoms with Crippen molar-refractivity contribution in [3.8, 4) is 0 Å². The van der Waals surface area contributed by atoms with Crippen molar-refractivity contribution in [1.29, 1.82) is 0 Å². The molecule has 5 heteroatoms. The number of benzene rings is 3. The fraction of sp³-hybridized carbons (Fsp3) is 0.0476. The van der Waals surface area contributed by atoms with E-state index in [2.05, 4.69) is 63.3 Å². The van der Waals surface area contributed by atoms with Crippen LogP contribution in [0.2, 0.25) is 0 Å². The van der Waals surface area contributed by atoms with E-state index in [4.69, 9.17) is 0 Å². The van der Waals surface area contributed by atoms with Gasteiger partial charge in [0.2, 0.25) is 0 Å². The lowest BCUT2D eigenvalue weighted by molar-refractivity contribution is 0.102. The predicted octanol–water partition coefficient (Wildman–Crippen LogP) is 4.94. The lowest BCUT2D eigenvalue weighted by Gasteiger charge is -2.07. The van der Waals surface area contributed by atoms with Gasteiger partial charge in [0.1, 0.15) is 0 Å². The van der Waals surface area contributed by atoms with Crippen LogP contribution in [0.1, 0.15) is 15.9 Å².